The highest BCUT2D eigenvalue weighted by atomic mass is 79.9. The van der Waals surface area contributed by atoms with Crippen LogP contribution < -0.4 is 11.2 Å². The molecule has 91 heavy (non-hydrogen) atoms. The summed E-state index contributed by atoms with van der Waals surface area (Å²) in [5.41, 5.74) is 8.21. The summed E-state index contributed by atoms with van der Waals surface area (Å²) in [6.07, 6.45) is 1.40. The Morgan fingerprint density at radius 2 is 0.967 bits per heavy atom. The van der Waals surface area contributed by atoms with E-state index >= 15 is 0 Å². The average Bonchev–Trinajstić information content (AvgIpc) is 2.11. The van der Waals surface area contributed by atoms with Crippen molar-refractivity contribution < 1.29 is 84.2 Å². The fourth-order valence-electron chi connectivity index (χ4n) is 5.68. The summed E-state index contributed by atoms with van der Waals surface area (Å²) in [6.45, 7) is 6.59. The maximum absolute atomic E-state index is 13.7. The van der Waals surface area contributed by atoms with Crippen molar-refractivity contribution in [2.45, 2.75) is 27.7 Å². The number of aromatic amines is 1. The molecule has 0 spiro atoms. The summed E-state index contributed by atoms with van der Waals surface area (Å²) in [7, 11) is 6.04. The molecular formula is C59H58Br7ClF6N6O12. The summed E-state index contributed by atoms with van der Waals surface area (Å²) in [5, 5.41) is 16.2. The van der Waals surface area contributed by atoms with E-state index in [1.54, 1.807) is 64.4 Å². The van der Waals surface area contributed by atoms with Crippen LogP contribution in [0.4, 0.5) is 26.3 Å². The number of aromatic nitrogens is 2. The number of benzene rings is 6. The second-order valence-corrected chi connectivity index (χ2v) is 22.5. The van der Waals surface area contributed by atoms with Gasteiger partial charge in [-0.05, 0) is 137 Å². The molecule has 494 valence electrons. The molecule has 0 saturated carbocycles. The Labute approximate surface area is 584 Å². The van der Waals surface area contributed by atoms with E-state index in [1.807, 2.05) is 0 Å². The standard InChI is InChI=1S/C12H10BrFN2O2.C9H9BrFNO2.C8H5Br2FO.C8H7BrFNO.C8H6BrFO.C7H4BrFO2.C5H9NO2.C2H7NO.ClH/c1-2-18-12(17)11-15-6-10(16-11)8-4-3-7(13)5-9(8)14;1-12(14-2)9(13)7-4-3-6(10)5-8(7)11;9-4-8(12)6-2-1-5(10)3-7(6)11;9-5-1-2-6(7(10)3-5)8(12)4-11;1-5(11)7-3-2-6(9)4-8(7)10;8-4-1-2-5(7(10)11)6(9)3-4;1-3-8-5(7)4(2)6;1-3-4-2;/h3-6H,2H2,1H3,(H,15,16);3-5H,1-2H3;1-3H,4H2;1-3H,4,11H2;2-4H,1H3;1-3H,(H,10,11);6H,3H2,1-2H3;3H,1-2H3;1H. The number of nitrogens with zero attached hydrogens (tertiary/aromatic N) is 2. The number of H-pyrrole nitrogens is 1. The molecule has 6 aromatic carbocycles. The molecule has 1 amide bonds. The Balaban J connectivity index is 0. The second kappa shape index (κ2) is 47.1. The van der Waals surface area contributed by atoms with Gasteiger partial charge in [0.25, 0.3) is 5.91 Å². The topological polar surface area (TPSA) is 270 Å². The first-order chi connectivity index (χ1) is 42.3. The molecule has 0 radical (unpaired) electrons. The van der Waals surface area contributed by atoms with Gasteiger partial charge >= 0.3 is 17.9 Å². The Kier molecular flexibility index (Phi) is 45.1. The molecule has 18 nitrogen and oxygen atoms in total. The predicted molar refractivity (Wildman–Crippen MR) is 359 cm³/mol. The Bertz CT molecular complexity index is 3440. The number of Topliss-reactive ketones (excluding diaryl/α,β-unsaturated/α-hetero) is 3. The summed E-state index contributed by atoms with van der Waals surface area (Å²) in [5.74, 6) is -6.91. The van der Waals surface area contributed by atoms with Crippen LogP contribution in [0.25, 0.3) is 11.3 Å². The number of carbonyl (C=O) groups is 7. The molecule has 0 bridgehead atoms. The lowest BCUT2D eigenvalue weighted by molar-refractivity contribution is -0.135. The Morgan fingerprint density at radius 1 is 0.604 bits per heavy atom. The number of halogens is 14. The van der Waals surface area contributed by atoms with E-state index in [9.17, 15) is 59.9 Å². The lowest BCUT2D eigenvalue weighted by atomic mass is 10.1. The molecule has 7 aromatic rings. The number of alkyl halides is 1. The molecule has 7 rings (SSSR count). The largest absolute Gasteiger partial charge is 0.478 e. The smallest absolute Gasteiger partial charge is 0.374 e. The number of ketones is 3. The maximum atomic E-state index is 13.7. The third-order valence-corrected chi connectivity index (χ3v) is 13.5. The number of esters is 2. The SMILES string of the molecule is CC(=O)c1ccc(Br)cc1F.CCOC(=O)C(C)=N.CCOC(=O)c1ncc(-c2ccc(Br)cc2F)[nH]1.CNOC.CON(C)C(=O)c1ccc(Br)cc1F.Cl.NCC(=O)c1ccc(Br)cc1F.O=C(CBr)c1ccc(Br)cc1F.O=C(O)c1ccc(Br)cc1F. The zero-order valence-corrected chi connectivity index (χ0v) is 60.9. The van der Waals surface area contributed by atoms with Crippen molar-refractivity contribution in [2.24, 2.45) is 5.73 Å². The van der Waals surface area contributed by atoms with E-state index in [4.69, 9.17) is 21.0 Å². The van der Waals surface area contributed by atoms with Gasteiger partial charge in [-0.25, -0.2) is 56.3 Å². The highest BCUT2D eigenvalue weighted by Crippen LogP contribution is 2.25. The van der Waals surface area contributed by atoms with Gasteiger partial charge in [0, 0.05) is 46.5 Å². The molecule has 0 aliphatic heterocycles. The fraction of sp³-hybridized carbons (Fsp3) is 0.203. The number of amides is 1. The van der Waals surface area contributed by atoms with Gasteiger partial charge < -0.3 is 30.1 Å². The summed E-state index contributed by atoms with van der Waals surface area (Å²) in [4.78, 5) is 91.7. The van der Waals surface area contributed by atoms with Crippen LogP contribution in [0.1, 0.15) is 90.1 Å². The van der Waals surface area contributed by atoms with Crippen molar-refractivity contribution in [3.8, 4) is 11.3 Å². The molecule has 6 N–H and O–H groups in total. The number of carbonyl (C=O) groups excluding carboxylic acids is 6. The van der Waals surface area contributed by atoms with Crippen molar-refractivity contribution in [1.82, 2.24) is 20.5 Å². The van der Waals surface area contributed by atoms with Gasteiger partial charge in [-0.3, -0.25) is 29.4 Å². The van der Waals surface area contributed by atoms with E-state index in [2.05, 4.69) is 141 Å². The van der Waals surface area contributed by atoms with Crippen LogP contribution in [0.5, 0.6) is 0 Å². The molecule has 0 atom stereocenters. The van der Waals surface area contributed by atoms with E-state index in [0.29, 0.717) is 44.7 Å². The van der Waals surface area contributed by atoms with E-state index in [-0.39, 0.29) is 87.6 Å². The van der Waals surface area contributed by atoms with Crippen LogP contribution in [0.2, 0.25) is 0 Å². The van der Waals surface area contributed by atoms with Crippen LogP contribution in [-0.2, 0) is 23.9 Å². The number of nitrogens with two attached hydrogens (primary N) is 1. The summed E-state index contributed by atoms with van der Waals surface area (Å²) < 4.78 is 91.4. The molecule has 1 heterocycles. The fourth-order valence-corrected chi connectivity index (χ4v) is 7.98. The van der Waals surface area contributed by atoms with Crippen molar-refractivity contribution >= 4 is 171 Å². The molecule has 0 aliphatic rings. The van der Waals surface area contributed by atoms with Crippen molar-refractivity contribution in [2.75, 3.05) is 53.4 Å². The first-order valence-corrected chi connectivity index (χ1v) is 30.9. The van der Waals surface area contributed by atoms with Crippen LogP contribution in [0.3, 0.4) is 0 Å². The van der Waals surface area contributed by atoms with Crippen molar-refractivity contribution in [3.63, 3.8) is 0 Å². The Morgan fingerprint density at radius 3 is 1.27 bits per heavy atom. The van der Waals surface area contributed by atoms with Crippen LogP contribution in [0, 0.1) is 40.3 Å². The first kappa shape index (κ1) is 87.2. The quantitative estimate of drug-likeness (QED) is 0.0169. The monoisotopic (exact) mass is 1740 g/mol. The minimum Gasteiger partial charge on any atom is -0.478 e. The van der Waals surface area contributed by atoms with Gasteiger partial charge in [-0.15, -0.1) is 12.4 Å². The highest BCUT2D eigenvalue weighted by Gasteiger charge is 2.17. The number of carboxylic acids is 1. The lowest BCUT2D eigenvalue weighted by Crippen LogP contribution is -2.26. The number of carboxylic acid groups (broad SMARTS) is 1. The molecule has 32 heteroatoms. The number of hydrogen-bond acceptors (Lipinski definition) is 15. The molecule has 0 aliphatic carbocycles. The van der Waals surface area contributed by atoms with Gasteiger partial charge in [0.05, 0.1) is 79.0 Å². The minimum absolute atomic E-state index is 0. The van der Waals surface area contributed by atoms with Gasteiger partial charge in [0.2, 0.25) is 5.82 Å². The third-order valence-electron chi connectivity index (χ3n) is 10.0. The van der Waals surface area contributed by atoms with Gasteiger partial charge in [-0.2, -0.15) is 0 Å². The number of aromatic carboxylic acids is 1. The third kappa shape index (κ3) is 33.5. The summed E-state index contributed by atoms with van der Waals surface area (Å²) in [6, 6.07) is 25.7. The zero-order chi connectivity index (χ0) is 69.0. The van der Waals surface area contributed by atoms with E-state index in [0.717, 1.165) is 11.1 Å². The number of nitrogens with one attached hydrogen (secondary N) is 3. The second-order valence-electron chi connectivity index (χ2n) is 16.4. The molecular weight excluding hydrogens is 1690 g/mol. The van der Waals surface area contributed by atoms with E-state index < -0.39 is 58.7 Å². The van der Waals surface area contributed by atoms with Crippen LogP contribution in [0.15, 0.2) is 142 Å². The van der Waals surface area contributed by atoms with E-state index in [1.165, 1.54) is 101 Å². The van der Waals surface area contributed by atoms with Crippen molar-refractivity contribution in [1.29, 1.82) is 5.41 Å². The van der Waals surface area contributed by atoms with Gasteiger partial charge in [0.15, 0.2) is 17.3 Å². The first-order valence-electron chi connectivity index (χ1n) is 25.0. The number of ether oxygens (including phenoxy) is 2. The highest BCUT2D eigenvalue weighted by molar-refractivity contribution is 9.11. The lowest BCUT2D eigenvalue weighted by Gasteiger charge is -2.13. The van der Waals surface area contributed by atoms with Crippen LogP contribution in [-0.4, -0.2) is 120 Å². The maximum Gasteiger partial charge on any atom is 0.374 e. The molecule has 0 saturated heterocycles. The summed E-state index contributed by atoms with van der Waals surface area (Å²) >= 11 is 21.6. The molecule has 0 unspecified atom stereocenters. The number of imidazole rings is 1. The van der Waals surface area contributed by atoms with Gasteiger partial charge in [-0.1, -0.05) is 112 Å². The van der Waals surface area contributed by atoms with Gasteiger partial charge in [0.1, 0.15) is 40.6 Å². The number of hydrogen-bond donors (Lipinski definition) is 5. The molecule has 0 fully saturated rings. The van der Waals surface area contributed by atoms with Crippen molar-refractivity contribution in [3.05, 3.63) is 211 Å². The number of hydroxylamine groups is 3. The Hall–Kier alpha value is -5.84. The minimum atomic E-state index is -1.25. The predicted octanol–water partition coefficient (Wildman–Crippen LogP) is 16.1. The number of rotatable bonds is 14. The van der Waals surface area contributed by atoms with Crippen LogP contribution >= 0.6 is 124 Å². The average molecular weight is 1750 g/mol. The zero-order valence-electron chi connectivity index (χ0n) is 49.0. The normalized spacial score (nSPS) is 9.60. The molecule has 1 aromatic heterocycles.